The van der Waals surface area contributed by atoms with Gasteiger partial charge in [-0.1, -0.05) is 24.6 Å². The van der Waals surface area contributed by atoms with E-state index in [1.54, 1.807) is 7.11 Å². The van der Waals surface area contributed by atoms with Crippen LogP contribution in [0.4, 0.5) is 0 Å². The molecule has 1 aromatic carbocycles. The summed E-state index contributed by atoms with van der Waals surface area (Å²) in [4.78, 5) is 11.5. The van der Waals surface area contributed by atoms with Gasteiger partial charge in [0, 0.05) is 12.8 Å². The lowest BCUT2D eigenvalue weighted by Gasteiger charge is -2.12. The van der Waals surface area contributed by atoms with Gasteiger partial charge in [-0.2, -0.15) is 0 Å². The van der Waals surface area contributed by atoms with Crippen LogP contribution >= 0.6 is 0 Å². The second-order valence-corrected chi connectivity index (χ2v) is 4.92. The molecule has 1 aromatic rings. The minimum Gasteiger partial charge on any atom is -0.496 e. The fraction of sp³-hybridized carbons (Fsp3) is 0.562. The van der Waals surface area contributed by atoms with Crippen LogP contribution in [0.25, 0.3) is 0 Å². The molecule has 0 aliphatic carbocycles. The summed E-state index contributed by atoms with van der Waals surface area (Å²) in [5, 5.41) is 0. The van der Waals surface area contributed by atoms with Crippen LogP contribution in [-0.4, -0.2) is 12.9 Å². The summed E-state index contributed by atoms with van der Waals surface area (Å²) < 4.78 is 5.45. The number of ketones is 1. The molecule has 0 bridgehead atoms. The van der Waals surface area contributed by atoms with Crippen LogP contribution in [0.5, 0.6) is 5.75 Å². The number of Topliss-reactive ketones (excluding diaryl/α,β-unsaturated/α-hetero) is 1. The highest BCUT2D eigenvalue weighted by Gasteiger charge is 2.08. The van der Waals surface area contributed by atoms with E-state index in [1.165, 1.54) is 16.7 Å². The Morgan fingerprint density at radius 3 is 2.56 bits per heavy atom. The predicted octanol–water partition coefficient (Wildman–Crippen LogP) is 4.00. The van der Waals surface area contributed by atoms with Gasteiger partial charge in [-0.15, -0.1) is 0 Å². The number of hydrogen-bond acceptors (Lipinski definition) is 2. The Bertz CT molecular complexity index is 408. The number of carbonyl (C=O) groups excluding carboxylic acids is 1. The van der Waals surface area contributed by atoms with E-state index in [2.05, 4.69) is 26.0 Å². The molecule has 0 aliphatic rings. The van der Waals surface area contributed by atoms with Crippen molar-refractivity contribution in [3.8, 4) is 5.75 Å². The van der Waals surface area contributed by atoms with E-state index in [4.69, 9.17) is 4.74 Å². The molecule has 0 unspecified atom stereocenters. The molecule has 0 saturated heterocycles. The van der Waals surface area contributed by atoms with Crippen LogP contribution in [0.1, 0.15) is 49.3 Å². The Kier molecular flexibility index (Phi) is 5.90. The minimum absolute atomic E-state index is 0.376. The third-order valence-corrected chi connectivity index (χ3v) is 3.13. The lowest BCUT2D eigenvalue weighted by atomic mass is 9.99. The Balaban J connectivity index is 2.64. The van der Waals surface area contributed by atoms with Gasteiger partial charge in [-0.05, 0) is 44.2 Å². The lowest BCUT2D eigenvalue weighted by molar-refractivity contribution is -0.119. The second-order valence-electron chi connectivity index (χ2n) is 4.92. The van der Waals surface area contributed by atoms with Gasteiger partial charge in [0.25, 0.3) is 0 Å². The number of methoxy groups -OCH3 is 1. The van der Waals surface area contributed by atoms with Gasteiger partial charge in [-0.3, -0.25) is 4.79 Å². The van der Waals surface area contributed by atoms with Crippen LogP contribution in [-0.2, 0) is 11.2 Å². The van der Waals surface area contributed by atoms with Crippen molar-refractivity contribution < 1.29 is 9.53 Å². The maximum Gasteiger partial charge on any atom is 0.132 e. The van der Waals surface area contributed by atoms with Crippen molar-refractivity contribution in [1.29, 1.82) is 0 Å². The van der Waals surface area contributed by atoms with Gasteiger partial charge in [0.05, 0.1) is 7.11 Å². The molecule has 0 heterocycles. The predicted molar refractivity (Wildman–Crippen MR) is 75.3 cm³/mol. The van der Waals surface area contributed by atoms with Crippen molar-refractivity contribution in [2.45, 2.75) is 52.9 Å². The highest BCUT2D eigenvalue weighted by atomic mass is 16.5. The summed E-state index contributed by atoms with van der Waals surface area (Å²) in [6, 6.07) is 4.29. The van der Waals surface area contributed by atoms with E-state index in [1.807, 2.05) is 6.92 Å². The van der Waals surface area contributed by atoms with Crippen molar-refractivity contribution in [2.75, 3.05) is 7.11 Å². The monoisotopic (exact) mass is 248 g/mol. The summed E-state index contributed by atoms with van der Waals surface area (Å²) in [5.41, 5.74) is 3.65. The summed E-state index contributed by atoms with van der Waals surface area (Å²) in [5.74, 6) is 1.35. The average molecular weight is 248 g/mol. The second kappa shape index (κ2) is 7.20. The van der Waals surface area contributed by atoms with E-state index < -0.39 is 0 Å². The maximum atomic E-state index is 11.5. The molecule has 2 nitrogen and oxygen atoms in total. The van der Waals surface area contributed by atoms with Crippen LogP contribution in [0.3, 0.4) is 0 Å². The molecule has 2 heteroatoms. The fourth-order valence-corrected chi connectivity index (χ4v) is 2.40. The first-order valence-corrected chi connectivity index (χ1v) is 6.74. The molecule has 1 rings (SSSR count). The van der Waals surface area contributed by atoms with Crippen LogP contribution in [0.15, 0.2) is 12.1 Å². The van der Waals surface area contributed by atoms with Gasteiger partial charge in [0.2, 0.25) is 0 Å². The first kappa shape index (κ1) is 14.7. The SMILES string of the molecule is CCCC(=O)CCCc1cc(C)cc(C)c1OC. The standard InChI is InChI=1S/C16H24O2/c1-5-7-15(17)9-6-8-14-11-12(2)10-13(3)16(14)18-4/h10-11H,5-9H2,1-4H3. The van der Waals surface area contributed by atoms with Crippen molar-refractivity contribution in [3.05, 3.63) is 28.8 Å². The zero-order chi connectivity index (χ0) is 13.5. The highest BCUT2D eigenvalue weighted by Crippen LogP contribution is 2.26. The van der Waals surface area contributed by atoms with Crippen molar-refractivity contribution in [2.24, 2.45) is 0 Å². The fourth-order valence-electron chi connectivity index (χ4n) is 2.40. The molecule has 18 heavy (non-hydrogen) atoms. The molecule has 0 saturated carbocycles. The molecular formula is C16H24O2. The Labute approximate surface area is 110 Å². The molecule has 0 radical (unpaired) electrons. The smallest absolute Gasteiger partial charge is 0.132 e. The van der Waals surface area contributed by atoms with E-state index >= 15 is 0 Å². The summed E-state index contributed by atoms with van der Waals surface area (Å²) in [7, 11) is 1.71. The molecule has 0 N–H and O–H groups in total. The number of carbonyl (C=O) groups is 1. The van der Waals surface area contributed by atoms with E-state index in [0.717, 1.165) is 25.0 Å². The topological polar surface area (TPSA) is 26.3 Å². The van der Waals surface area contributed by atoms with Crippen molar-refractivity contribution >= 4 is 5.78 Å². The highest BCUT2D eigenvalue weighted by molar-refractivity contribution is 5.78. The van der Waals surface area contributed by atoms with Gasteiger partial charge in [-0.25, -0.2) is 0 Å². The van der Waals surface area contributed by atoms with Crippen LogP contribution in [0.2, 0.25) is 0 Å². The van der Waals surface area contributed by atoms with Crippen molar-refractivity contribution in [1.82, 2.24) is 0 Å². The normalized spacial score (nSPS) is 10.4. The molecule has 0 spiro atoms. The number of rotatable bonds is 7. The van der Waals surface area contributed by atoms with E-state index in [0.29, 0.717) is 18.6 Å². The first-order chi connectivity index (χ1) is 8.58. The Morgan fingerprint density at radius 2 is 1.94 bits per heavy atom. The van der Waals surface area contributed by atoms with Gasteiger partial charge in [0.1, 0.15) is 11.5 Å². The maximum absolute atomic E-state index is 11.5. The molecule has 0 aromatic heterocycles. The number of benzene rings is 1. The summed E-state index contributed by atoms with van der Waals surface area (Å²) >= 11 is 0. The van der Waals surface area contributed by atoms with Gasteiger partial charge >= 0.3 is 0 Å². The van der Waals surface area contributed by atoms with Crippen LogP contribution in [0, 0.1) is 13.8 Å². The molecule has 0 amide bonds. The molecule has 0 atom stereocenters. The zero-order valence-electron chi connectivity index (χ0n) is 12.0. The first-order valence-electron chi connectivity index (χ1n) is 6.74. The largest absolute Gasteiger partial charge is 0.496 e. The Hall–Kier alpha value is -1.31. The van der Waals surface area contributed by atoms with E-state index in [-0.39, 0.29) is 0 Å². The molecule has 0 fully saturated rings. The molecular weight excluding hydrogens is 224 g/mol. The summed E-state index contributed by atoms with van der Waals surface area (Å²) in [6.07, 6.45) is 4.18. The third kappa shape index (κ3) is 4.17. The Morgan fingerprint density at radius 1 is 1.22 bits per heavy atom. The number of hydrogen-bond donors (Lipinski definition) is 0. The number of ether oxygens (including phenoxy) is 1. The lowest BCUT2D eigenvalue weighted by Crippen LogP contribution is -2.00. The minimum atomic E-state index is 0.376. The average Bonchev–Trinajstić information content (AvgIpc) is 2.28. The van der Waals surface area contributed by atoms with Crippen molar-refractivity contribution in [3.63, 3.8) is 0 Å². The molecule has 100 valence electrons. The van der Waals surface area contributed by atoms with Gasteiger partial charge in [0.15, 0.2) is 0 Å². The third-order valence-electron chi connectivity index (χ3n) is 3.13. The summed E-state index contributed by atoms with van der Waals surface area (Å²) in [6.45, 7) is 6.21. The zero-order valence-corrected chi connectivity index (χ0v) is 12.0. The van der Waals surface area contributed by atoms with Gasteiger partial charge < -0.3 is 4.74 Å². The number of aryl methyl sites for hydroxylation is 3. The van der Waals surface area contributed by atoms with E-state index in [9.17, 15) is 4.79 Å². The van der Waals surface area contributed by atoms with Crippen LogP contribution < -0.4 is 4.74 Å². The quantitative estimate of drug-likeness (QED) is 0.729. The molecule has 0 aliphatic heterocycles.